The molecule has 0 aliphatic heterocycles. The van der Waals surface area contributed by atoms with Crippen molar-refractivity contribution in [2.75, 3.05) is 7.11 Å². The summed E-state index contributed by atoms with van der Waals surface area (Å²) in [4.78, 5) is 14.2. The highest BCUT2D eigenvalue weighted by Gasteiger charge is 2.09. The van der Waals surface area contributed by atoms with Crippen molar-refractivity contribution in [2.45, 2.75) is 83.6 Å². The Labute approximate surface area is 157 Å². The first-order valence-electron chi connectivity index (χ1n) is 9.91. The number of esters is 1. The molecular weight excluding hydrogens is 326 g/mol. The van der Waals surface area contributed by atoms with Gasteiger partial charge in [0.15, 0.2) is 0 Å². The summed E-state index contributed by atoms with van der Waals surface area (Å²) in [6.45, 7) is 2.23. The van der Waals surface area contributed by atoms with Gasteiger partial charge in [-0.2, -0.15) is 0 Å². The maximum Gasteiger partial charge on any atom is 0.305 e. The fourth-order valence-corrected chi connectivity index (χ4v) is 3.09. The molecule has 1 aromatic rings. The predicted molar refractivity (Wildman–Crippen MR) is 106 cm³/mol. The Balaban J connectivity index is 2.41. The number of ether oxygens (including phenoxy) is 1. The molecule has 0 heterocycles. The van der Waals surface area contributed by atoms with E-state index < -0.39 is 0 Å². The molecule has 0 aromatic heterocycles. The van der Waals surface area contributed by atoms with Gasteiger partial charge in [-0.3, -0.25) is 4.79 Å². The van der Waals surface area contributed by atoms with E-state index in [4.69, 9.17) is 5.53 Å². The Hall–Kier alpha value is -2.00. The summed E-state index contributed by atoms with van der Waals surface area (Å²) in [5.74, 6) is -0.167. The molecule has 0 fully saturated rings. The number of carbonyl (C=O) groups is 1. The summed E-state index contributed by atoms with van der Waals surface area (Å²) < 4.78 is 4.65. The molecule has 0 aliphatic rings. The van der Waals surface area contributed by atoms with Crippen molar-refractivity contribution < 1.29 is 9.53 Å². The van der Waals surface area contributed by atoms with Gasteiger partial charge in [-0.25, -0.2) is 0 Å². The third kappa shape index (κ3) is 9.47. The molecule has 1 atom stereocenters. The van der Waals surface area contributed by atoms with E-state index in [1.54, 1.807) is 0 Å². The minimum atomic E-state index is -0.167. The van der Waals surface area contributed by atoms with E-state index in [1.165, 1.54) is 51.2 Å². The van der Waals surface area contributed by atoms with E-state index in [0.29, 0.717) is 6.42 Å². The van der Waals surface area contributed by atoms with E-state index >= 15 is 0 Å². The minimum Gasteiger partial charge on any atom is -0.469 e. The number of hydrogen-bond acceptors (Lipinski definition) is 3. The SMILES string of the molecule is CCCCCCCCCC(N=[N+]=[N-])c1ccc(CCCC(=O)OC)cc1. The van der Waals surface area contributed by atoms with Crippen molar-refractivity contribution in [3.8, 4) is 0 Å². The molecule has 0 spiro atoms. The highest BCUT2D eigenvalue weighted by Crippen LogP contribution is 2.25. The summed E-state index contributed by atoms with van der Waals surface area (Å²) in [6.07, 6.45) is 11.8. The molecule has 0 radical (unpaired) electrons. The van der Waals surface area contributed by atoms with Gasteiger partial charge in [0, 0.05) is 11.3 Å². The molecule has 5 heteroatoms. The summed E-state index contributed by atoms with van der Waals surface area (Å²) in [5, 5.41) is 3.99. The molecule has 0 bridgehead atoms. The number of methoxy groups -OCH3 is 1. The van der Waals surface area contributed by atoms with Crippen molar-refractivity contribution in [3.05, 3.63) is 45.8 Å². The van der Waals surface area contributed by atoms with Crippen LogP contribution in [0.3, 0.4) is 0 Å². The first-order valence-corrected chi connectivity index (χ1v) is 9.91. The first kappa shape index (κ1) is 22.0. The molecule has 0 N–H and O–H groups in total. The average Bonchev–Trinajstić information content (AvgIpc) is 2.67. The maximum atomic E-state index is 11.1. The second kappa shape index (κ2) is 14.2. The third-order valence-corrected chi connectivity index (χ3v) is 4.71. The van der Waals surface area contributed by atoms with Gasteiger partial charge >= 0.3 is 5.97 Å². The van der Waals surface area contributed by atoms with E-state index in [9.17, 15) is 4.79 Å². The third-order valence-electron chi connectivity index (χ3n) is 4.71. The number of aryl methyl sites for hydroxylation is 1. The van der Waals surface area contributed by atoms with Crippen LogP contribution in [0.2, 0.25) is 0 Å². The summed E-state index contributed by atoms with van der Waals surface area (Å²) in [5.41, 5.74) is 11.1. The molecular formula is C21H33N3O2. The average molecular weight is 360 g/mol. The quantitative estimate of drug-likeness (QED) is 0.122. The molecule has 0 aliphatic carbocycles. The van der Waals surface area contributed by atoms with Crippen LogP contribution in [0.1, 0.15) is 88.3 Å². The predicted octanol–water partition coefficient (Wildman–Crippen LogP) is 6.67. The molecule has 26 heavy (non-hydrogen) atoms. The molecule has 144 valence electrons. The molecule has 0 saturated carbocycles. The number of nitrogens with zero attached hydrogens (tertiary/aromatic N) is 3. The Kier molecular flexibility index (Phi) is 12.0. The number of unbranched alkanes of at least 4 members (excludes halogenated alkanes) is 6. The lowest BCUT2D eigenvalue weighted by molar-refractivity contribution is -0.140. The van der Waals surface area contributed by atoms with Gasteiger partial charge in [0.2, 0.25) is 0 Å². The van der Waals surface area contributed by atoms with Crippen molar-refractivity contribution in [1.82, 2.24) is 0 Å². The van der Waals surface area contributed by atoms with Gasteiger partial charge in [-0.1, -0.05) is 81.2 Å². The van der Waals surface area contributed by atoms with Gasteiger partial charge in [-0.15, -0.1) is 0 Å². The molecule has 0 amide bonds. The van der Waals surface area contributed by atoms with Gasteiger partial charge in [-0.05, 0) is 35.9 Å². The Morgan fingerprint density at radius 1 is 1.08 bits per heavy atom. The van der Waals surface area contributed by atoms with Crippen LogP contribution in [0.15, 0.2) is 29.4 Å². The largest absolute Gasteiger partial charge is 0.469 e. The molecule has 0 saturated heterocycles. The van der Waals surface area contributed by atoms with Crippen LogP contribution in [0, 0.1) is 0 Å². The van der Waals surface area contributed by atoms with Crippen molar-refractivity contribution >= 4 is 5.97 Å². The van der Waals surface area contributed by atoms with Gasteiger partial charge in [0.05, 0.1) is 13.2 Å². The van der Waals surface area contributed by atoms with Crippen LogP contribution >= 0.6 is 0 Å². The zero-order chi connectivity index (χ0) is 19.0. The normalized spacial score (nSPS) is 11.6. The maximum absolute atomic E-state index is 11.1. The Bertz CT molecular complexity index is 551. The molecule has 5 nitrogen and oxygen atoms in total. The number of azide groups is 1. The van der Waals surface area contributed by atoms with E-state index in [-0.39, 0.29) is 12.0 Å². The van der Waals surface area contributed by atoms with E-state index in [2.05, 4.69) is 33.8 Å². The summed E-state index contributed by atoms with van der Waals surface area (Å²) >= 11 is 0. The van der Waals surface area contributed by atoms with Gasteiger partial charge in [0.25, 0.3) is 0 Å². The second-order valence-electron chi connectivity index (χ2n) is 6.80. The van der Waals surface area contributed by atoms with Crippen molar-refractivity contribution in [3.63, 3.8) is 0 Å². The number of benzene rings is 1. The fourth-order valence-electron chi connectivity index (χ4n) is 3.09. The molecule has 1 unspecified atom stereocenters. The van der Waals surface area contributed by atoms with Crippen LogP contribution in [0.25, 0.3) is 10.4 Å². The zero-order valence-corrected chi connectivity index (χ0v) is 16.3. The fraction of sp³-hybridized carbons (Fsp3) is 0.667. The number of hydrogen-bond donors (Lipinski definition) is 0. The van der Waals surface area contributed by atoms with Gasteiger partial charge < -0.3 is 4.74 Å². The van der Waals surface area contributed by atoms with E-state index in [0.717, 1.165) is 31.2 Å². The van der Waals surface area contributed by atoms with Crippen LogP contribution in [-0.2, 0) is 16.0 Å². The number of rotatable bonds is 14. The monoisotopic (exact) mass is 359 g/mol. The highest BCUT2D eigenvalue weighted by molar-refractivity contribution is 5.69. The lowest BCUT2D eigenvalue weighted by atomic mass is 9.98. The lowest BCUT2D eigenvalue weighted by Crippen LogP contribution is -2.01. The molecule has 1 rings (SSSR count). The summed E-state index contributed by atoms with van der Waals surface area (Å²) in [6, 6.07) is 8.15. The van der Waals surface area contributed by atoms with Crippen molar-refractivity contribution in [1.29, 1.82) is 0 Å². The molecule has 1 aromatic carbocycles. The van der Waals surface area contributed by atoms with E-state index in [1.807, 2.05) is 12.1 Å². The Morgan fingerprint density at radius 3 is 2.35 bits per heavy atom. The van der Waals surface area contributed by atoms with Crippen LogP contribution in [0.4, 0.5) is 0 Å². The lowest BCUT2D eigenvalue weighted by Gasteiger charge is -2.12. The summed E-state index contributed by atoms with van der Waals surface area (Å²) in [7, 11) is 1.41. The van der Waals surface area contributed by atoms with Crippen molar-refractivity contribution in [2.24, 2.45) is 5.11 Å². The standard InChI is InChI=1S/C21H33N3O2/c1-3-4-5-6-7-8-9-12-20(23-24-22)19-16-14-18(15-17-19)11-10-13-21(25)26-2/h14-17,20H,3-13H2,1-2H3. The van der Waals surface area contributed by atoms with Crippen LogP contribution in [-0.4, -0.2) is 13.1 Å². The topological polar surface area (TPSA) is 75.1 Å². The van der Waals surface area contributed by atoms with Gasteiger partial charge in [0.1, 0.15) is 0 Å². The number of carbonyl (C=O) groups excluding carboxylic acids is 1. The zero-order valence-electron chi connectivity index (χ0n) is 16.3. The van der Waals surface area contributed by atoms with Crippen LogP contribution in [0.5, 0.6) is 0 Å². The second-order valence-corrected chi connectivity index (χ2v) is 6.80. The highest BCUT2D eigenvalue weighted by atomic mass is 16.5. The Morgan fingerprint density at radius 2 is 1.73 bits per heavy atom. The van der Waals surface area contributed by atoms with Crippen LogP contribution < -0.4 is 0 Å². The first-order chi connectivity index (χ1) is 12.7. The minimum absolute atomic E-state index is 0.0836. The smallest absolute Gasteiger partial charge is 0.305 e.